The highest BCUT2D eigenvalue weighted by Crippen LogP contribution is 2.42. The Labute approximate surface area is 254 Å². The Balaban J connectivity index is 1.49. The first-order chi connectivity index (χ1) is 21.6. The van der Waals surface area contributed by atoms with Gasteiger partial charge in [-0.3, -0.25) is 4.79 Å². The van der Waals surface area contributed by atoms with Gasteiger partial charge < -0.3 is 79.5 Å². The van der Waals surface area contributed by atoms with Gasteiger partial charge in [0.2, 0.25) is 18.3 Å². The van der Waals surface area contributed by atoms with Crippen LogP contribution in [0.25, 0.3) is 22.3 Å². The molecule has 0 amide bonds. The maximum atomic E-state index is 13.0. The van der Waals surface area contributed by atoms with Crippen molar-refractivity contribution >= 4 is 22.9 Å². The molecule has 0 bridgehead atoms. The lowest BCUT2D eigenvalue weighted by atomic mass is 9.99. The Morgan fingerprint density at radius 3 is 1.74 bits per heavy atom. The molecule has 19 heteroatoms. The SMILES string of the molecule is O=C(O)[C@H]1O[C@@H](Oc2cc(O)c3c(=O)cc(-c4cc(O)c(O)c(O[C@@H]5O[C@@H](C(=O)O)[C@H](O)[C@@H](O)[C@@H]5O)c4)oc3c2)[C@@H](O)[C@H](O)[C@H]1O. The largest absolute Gasteiger partial charge is 0.507 e. The van der Waals surface area contributed by atoms with E-state index in [0.29, 0.717) is 0 Å². The summed E-state index contributed by atoms with van der Waals surface area (Å²) in [5.41, 5.74) is -1.40. The first-order valence-electron chi connectivity index (χ1n) is 13.1. The summed E-state index contributed by atoms with van der Waals surface area (Å²) in [6.07, 6.45) is -20.0. The van der Waals surface area contributed by atoms with Crippen molar-refractivity contribution in [3.63, 3.8) is 0 Å². The van der Waals surface area contributed by atoms with Crippen LogP contribution in [0.5, 0.6) is 28.7 Å². The number of hydrogen-bond donors (Lipinski definition) is 11. The molecule has 46 heavy (non-hydrogen) atoms. The number of ether oxygens (including phenoxy) is 4. The van der Waals surface area contributed by atoms with Crippen molar-refractivity contribution in [2.45, 2.75) is 61.4 Å². The predicted molar refractivity (Wildman–Crippen MR) is 143 cm³/mol. The van der Waals surface area contributed by atoms with Crippen LogP contribution in [0.2, 0.25) is 0 Å². The third-order valence-corrected chi connectivity index (χ3v) is 7.24. The van der Waals surface area contributed by atoms with Gasteiger partial charge in [-0.15, -0.1) is 0 Å². The summed E-state index contributed by atoms with van der Waals surface area (Å²) >= 11 is 0. The number of aliphatic hydroxyl groups excluding tert-OH is 6. The summed E-state index contributed by atoms with van der Waals surface area (Å²) in [6.45, 7) is 0. The Morgan fingerprint density at radius 2 is 1.20 bits per heavy atom. The van der Waals surface area contributed by atoms with Crippen LogP contribution in [0.15, 0.2) is 39.5 Å². The molecular formula is C27H26O19. The molecule has 2 aromatic carbocycles. The lowest BCUT2D eigenvalue weighted by Crippen LogP contribution is -2.61. The number of aromatic hydroxyl groups is 3. The van der Waals surface area contributed by atoms with Crippen LogP contribution >= 0.6 is 0 Å². The molecule has 3 aromatic rings. The highest BCUT2D eigenvalue weighted by molar-refractivity contribution is 5.86. The molecule has 11 N–H and O–H groups in total. The van der Waals surface area contributed by atoms with Crippen LogP contribution in [0.1, 0.15) is 0 Å². The molecular weight excluding hydrogens is 628 g/mol. The van der Waals surface area contributed by atoms with E-state index in [1.807, 2.05) is 0 Å². The minimum absolute atomic E-state index is 0.178. The fourth-order valence-electron chi connectivity index (χ4n) is 4.84. The number of benzene rings is 2. The quantitative estimate of drug-likeness (QED) is 0.114. The molecule has 10 atom stereocenters. The molecule has 3 heterocycles. The van der Waals surface area contributed by atoms with Gasteiger partial charge in [0.1, 0.15) is 64.9 Å². The number of carboxylic acid groups (broad SMARTS) is 2. The van der Waals surface area contributed by atoms with E-state index in [1.54, 1.807) is 0 Å². The second-order valence-corrected chi connectivity index (χ2v) is 10.3. The summed E-state index contributed by atoms with van der Waals surface area (Å²) in [5, 5.41) is 110. The summed E-state index contributed by atoms with van der Waals surface area (Å²) < 4.78 is 26.5. The second kappa shape index (κ2) is 12.2. The molecule has 0 radical (unpaired) electrons. The van der Waals surface area contributed by atoms with Crippen LogP contribution in [0.4, 0.5) is 0 Å². The number of carbonyl (C=O) groups is 2. The van der Waals surface area contributed by atoms with E-state index in [1.165, 1.54) is 0 Å². The molecule has 0 aliphatic carbocycles. The Hall–Kier alpha value is -4.73. The van der Waals surface area contributed by atoms with E-state index in [2.05, 4.69) is 0 Å². The molecule has 0 saturated carbocycles. The van der Waals surface area contributed by atoms with Crippen molar-refractivity contribution in [1.82, 2.24) is 0 Å². The van der Waals surface area contributed by atoms with Crippen LogP contribution in [0.3, 0.4) is 0 Å². The molecule has 248 valence electrons. The molecule has 2 aliphatic heterocycles. The van der Waals surface area contributed by atoms with Crippen LogP contribution in [-0.4, -0.2) is 130 Å². The lowest BCUT2D eigenvalue weighted by Gasteiger charge is -2.38. The van der Waals surface area contributed by atoms with Crippen LogP contribution in [-0.2, 0) is 19.1 Å². The summed E-state index contributed by atoms with van der Waals surface area (Å²) in [4.78, 5) is 35.7. The number of phenolic OH excluding ortho intramolecular Hbond substituents is 3. The summed E-state index contributed by atoms with van der Waals surface area (Å²) in [5.74, 6) is -7.26. The number of carboxylic acids is 2. The highest BCUT2D eigenvalue weighted by atomic mass is 16.7. The summed E-state index contributed by atoms with van der Waals surface area (Å²) in [7, 11) is 0. The first-order valence-corrected chi connectivity index (χ1v) is 13.1. The zero-order valence-electron chi connectivity index (χ0n) is 22.8. The van der Waals surface area contributed by atoms with Gasteiger partial charge in [-0.25, -0.2) is 9.59 Å². The van der Waals surface area contributed by atoms with Crippen molar-refractivity contribution < 1.29 is 89.1 Å². The Kier molecular flexibility index (Phi) is 8.68. The molecule has 5 rings (SSSR count). The normalized spacial score (nSPS) is 31.3. The van der Waals surface area contributed by atoms with E-state index >= 15 is 0 Å². The van der Waals surface area contributed by atoms with Crippen molar-refractivity contribution in [3.8, 4) is 40.1 Å². The molecule has 19 nitrogen and oxygen atoms in total. The number of aliphatic hydroxyl groups is 6. The fourth-order valence-corrected chi connectivity index (χ4v) is 4.84. The number of phenols is 3. The molecule has 0 unspecified atom stereocenters. The van der Waals surface area contributed by atoms with E-state index in [9.17, 15) is 70.6 Å². The molecule has 1 aromatic heterocycles. The van der Waals surface area contributed by atoms with E-state index in [4.69, 9.17) is 23.4 Å². The predicted octanol–water partition coefficient (Wildman–Crippen LogP) is -2.88. The van der Waals surface area contributed by atoms with E-state index in [-0.39, 0.29) is 28.0 Å². The van der Waals surface area contributed by atoms with Gasteiger partial charge in [0, 0.05) is 23.8 Å². The minimum Gasteiger partial charge on any atom is -0.507 e. The molecule has 2 aliphatic rings. The lowest BCUT2D eigenvalue weighted by molar-refractivity contribution is -0.271. The smallest absolute Gasteiger partial charge is 0.335 e. The maximum absolute atomic E-state index is 13.0. The van der Waals surface area contributed by atoms with Gasteiger partial charge in [-0.1, -0.05) is 0 Å². The zero-order valence-corrected chi connectivity index (χ0v) is 22.8. The molecule has 2 fully saturated rings. The van der Waals surface area contributed by atoms with Crippen LogP contribution < -0.4 is 14.9 Å². The Morgan fingerprint density at radius 1 is 0.652 bits per heavy atom. The molecule has 0 spiro atoms. The topological polar surface area (TPSA) is 324 Å². The van der Waals surface area contributed by atoms with Gasteiger partial charge in [-0.05, 0) is 12.1 Å². The second-order valence-electron chi connectivity index (χ2n) is 10.3. The van der Waals surface area contributed by atoms with Crippen molar-refractivity contribution in [1.29, 1.82) is 0 Å². The van der Waals surface area contributed by atoms with Gasteiger partial charge in [0.05, 0.1) is 0 Å². The average molecular weight is 654 g/mol. The fraction of sp³-hybridized carbons (Fsp3) is 0.370. The standard InChI is InChI=1S/C27H26O19/c28-8-3-7(42-26-20(36)16(32)18(34)22(45-26)24(38)39)4-12-14(8)9(29)5-11(43-12)6-1-10(30)15(31)13(2-6)44-27-21(37)17(33)19(35)23(46-27)25(40)41/h1-5,16-23,26-28,30-37H,(H,38,39)(H,40,41)/t16-,17-,18-,19-,20+,21+,22+,23-,26-,27-/m1/s1. The van der Waals surface area contributed by atoms with Crippen LogP contribution in [0, 0.1) is 0 Å². The third kappa shape index (κ3) is 5.84. The highest BCUT2D eigenvalue weighted by Gasteiger charge is 2.49. The third-order valence-electron chi connectivity index (χ3n) is 7.24. The van der Waals surface area contributed by atoms with Crippen molar-refractivity contribution in [3.05, 3.63) is 40.6 Å². The van der Waals surface area contributed by atoms with Gasteiger partial charge in [0.15, 0.2) is 29.1 Å². The summed E-state index contributed by atoms with van der Waals surface area (Å²) in [6, 6.07) is 4.66. The van der Waals surface area contributed by atoms with Gasteiger partial charge >= 0.3 is 11.9 Å². The maximum Gasteiger partial charge on any atom is 0.335 e. The average Bonchev–Trinajstić information content (AvgIpc) is 2.98. The minimum atomic E-state index is -2.05. The van der Waals surface area contributed by atoms with Crippen molar-refractivity contribution in [2.24, 2.45) is 0 Å². The van der Waals surface area contributed by atoms with Crippen molar-refractivity contribution in [2.75, 3.05) is 0 Å². The zero-order chi connectivity index (χ0) is 33.8. The van der Waals surface area contributed by atoms with E-state index < -0.39 is 102 Å². The Bertz CT molecular complexity index is 1720. The number of aliphatic carboxylic acids is 2. The van der Waals surface area contributed by atoms with Gasteiger partial charge in [-0.2, -0.15) is 0 Å². The number of hydrogen-bond acceptors (Lipinski definition) is 17. The van der Waals surface area contributed by atoms with Gasteiger partial charge in [0.25, 0.3) is 0 Å². The number of rotatable bonds is 7. The molecule has 2 saturated heterocycles. The van der Waals surface area contributed by atoms with E-state index in [0.717, 1.165) is 30.3 Å². The number of fused-ring (bicyclic) bond motifs is 1. The monoisotopic (exact) mass is 654 g/mol. The first kappa shape index (κ1) is 32.7.